The highest BCUT2D eigenvalue weighted by molar-refractivity contribution is 5.90. The first-order valence-electron chi connectivity index (χ1n) is 10.9. The summed E-state index contributed by atoms with van der Waals surface area (Å²) in [6.07, 6.45) is 2.32. The standard InChI is InChI=1S/C25H28N6O2/c1-31(2)15-14-27-25(32)30-20-10-8-18(9-11-20)12-13-26-23-21-16-22(19-6-4-3-5-7-19)33-24(21)29-17-28-23/h3-11,16-17H,12-15H2,1-2H3,(H,26,28,29)(H2,27,30,32). The van der Waals surface area contributed by atoms with Gasteiger partial charge in [0.2, 0.25) is 5.71 Å². The Hall–Kier alpha value is -3.91. The maximum atomic E-state index is 11.9. The molecule has 8 heteroatoms. The molecule has 170 valence electrons. The molecule has 0 aliphatic carbocycles. The largest absolute Gasteiger partial charge is 0.438 e. The summed E-state index contributed by atoms with van der Waals surface area (Å²) in [5.41, 5.74) is 3.48. The summed E-state index contributed by atoms with van der Waals surface area (Å²) < 4.78 is 5.91. The third-order valence-electron chi connectivity index (χ3n) is 5.15. The zero-order valence-electron chi connectivity index (χ0n) is 18.8. The second-order valence-electron chi connectivity index (χ2n) is 7.98. The Kier molecular flexibility index (Phi) is 7.16. The van der Waals surface area contributed by atoms with Crippen LogP contribution in [0.25, 0.3) is 22.4 Å². The van der Waals surface area contributed by atoms with E-state index < -0.39 is 0 Å². The van der Waals surface area contributed by atoms with Gasteiger partial charge in [0.15, 0.2) is 0 Å². The average molecular weight is 445 g/mol. The molecule has 0 aliphatic heterocycles. The first-order chi connectivity index (χ1) is 16.1. The van der Waals surface area contributed by atoms with E-state index in [4.69, 9.17) is 4.42 Å². The molecule has 2 aromatic carbocycles. The SMILES string of the molecule is CN(C)CCNC(=O)Nc1ccc(CCNc2ncnc3oc(-c4ccccc4)cc23)cc1. The van der Waals surface area contributed by atoms with E-state index in [1.165, 1.54) is 6.33 Å². The first-order valence-corrected chi connectivity index (χ1v) is 10.9. The second kappa shape index (κ2) is 10.6. The molecule has 0 saturated heterocycles. The first kappa shape index (κ1) is 22.3. The summed E-state index contributed by atoms with van der Waals surface area (Å²) in [6.45, 7) is 2.10. The Morgan fingerprint density at radius 1 is 1.00 bits per heavy atom. The molecule has 4 aromatic rings. The molecule has 4 rings (SSSR count). The smallest absolute Gasteiger partial charge is 0.319 e. The van der Waals surface area contributed by atoms with Crippen LogP contribution in [0.2, 0.25) is 0 Å². The number of hydrogen-bond acceptors (Lipinski definition) is 6. The maximum Gasteiger partial charge on any atom is 0.319 e. The Labute approximate surface area is 193 Å². The number of carbonyl (C=O) groups excluding carboxylic acids is 1. The highest BCUT2D eigenvalue weighted by atomic mass is 16.3. The van der Waals surface area contributed by atoms with Crippen LogP contribution < -0.4 is 16.0 Å². The number of rotatable bonds is 9. The molecule has 8 nitrogen and oxygen atoms in total. The van der Waals surface area contributed by atoms with Crippen molar-refractivity contribution in [2.45, 2.75) is 6.42 Å². The van der Waals surface area contributed by atoms with Gasteiger partial charge in [0.05, 0.1) is 5.39 Å². The number of aromatic nitrogens is 2. The van der Waals surface area contributed by atoms with E-state index in [9.17, 15) is 4.79 Å². The normalized spacial score (nSPS) is 11.0. The van der Waals surface area contributed by atoms with Gasteiger partial charge in [0, 0.05) is 30.9 Å². The van der Waals surface area contributed by atoms with Crippen molar-refractivity contribution in [3.8, 4) is 11.3 Å². The summed E-state index contributed by atoms with van der Waals surface area (Å²) in [5.74, 6) is 1.52. The average Bonchev–Trinajstić information content (AvgIpc) is 3.26. The number of anilines is 2. The number of amides is 2. The monoisotopic (exact) mass is 444 g/mol. The van der Waals surface area contributed by atoms with Crippen molar-refractivity contribution in [1.82, 2.24) is 20.2 Å². The van der Waals surface area contributed by atoms with Crippen molar-refractivity contribution in [3.05, 3.63) is 72.6 Å². The van der Waals surface area contributed by atoms with Gasteiger partial charge in [-0.05, 0) is 44.3 Å². The van der Waals surface area contributed by atoms with E-state index in [0.29, 0.717) is 18.8 Å². The number of likely N-dealkylation sites (N-methyl/N-ethyl adjacent to an activating group) is 1. The number of benzene rings is 2. The lowest BCUT2D eigenvalue weighted by molar-refractivity contribution is 0.250. The maximum absolute atomic E-state index is 11.9. The van der Waals surface area contributed by atoms with Gasteiger partial charge in [-0.25, -0.2) is 14.8 Å². The number of carbonyl (C=O) groups is 1. The van der Waals surface area contributed by atoms with Crippen LogP contribution in [0.4, 0.5) is 16.3 Å². The molecule has 2 aromatic heterocycles. The van der Waals surface area contributed by atoms with Crippen molar-refractivity contribution >= 4 is 28.6 Å². The van der Waals surface area contributed by atoms with Gasteiger partial charge in [-0.3, -0.25) is 0 Å². The quantitative estimate of drug-likeness (QED) is 0.358. The lowest BCUT2D eigenvalue weighted by atomic mass is 10.1. The third-order valence-corrected chi connectivity index (χ3v) is 5.15. The summed E-state index contributed by atoms with van der Waals surface area (Å²) in [6, 6.07) is 19.5. The molecular formula is C25H28N6O2. The van der Waals surface area contributed by atoms with Crippen molar-refractivity contribution in [3.63, 3.8) is 0 Å². The topological polar surface area (TPSA) is 95.3 Å². The second-order valence-corrected chi connectivity index (χ2v) is 7.98. The number of nitrogens with one attached hydrogen (secondary N) is 3. The van der Waals surface area contributed by atoms with Gasteiger partial charge in [0.25, 0.3) is 0 Å². The molecule has 0 fully saturated rings. The summed E-state index contributed by atoms with van der Waals surface area (Å²) >= 11 is 0. The fraction of sp³-hybridized carbons (Fsp3) is 0.240. The van der Waals surface area contributed by atoms with Crippen molar-refractivity contribution in [2.24, 2.45) is 0 Å². The van der Waals surface area contributed by atoms with Crippen LogP contribution in [0.15, 0.2) is 71.4 Å². The van der Waals surface area contributed by atoms with E-state index in [0.717, 1.165) is 46.7 Å². The third kappa shape index (κ3) is 6.08. The van der Waals surface area contributed by atoms with Crippen molar-refractivity contribution < 1.29 is 9.21 Å². The Morgan fingerprint density at radius 2 is 1.79 bits per heavy atom. The van der Waals surface area contributed by atoms with E-state index in [-0.39, 0.29) is 6.03 Å². The van der Waals surface area contributed by atoms with Crippen LogP contribution in [0.5, 0.6) is 0 Å². The molecule has 0 spiro atoms. The van der Waals surface area contributed by atoms with Crippen LogP contribution in [-0.4, -0.2) is 54.6 Å². The minimum absolute atomic E-state index is 0.200. The molecule has 0 saturated carbocycles. The Balaban J connectivity index is 1.31. The van der Waals surface area contributed by atoms with Crippen molar-refractivity contribution in [1.29, 1.82) is 0 Å². The number of urea groups is 1. The molecule has 33 heavy (non-hydrogen) atoms. The Morgan fingerprint density at radius 3 is 2.55 bits per heavy atom. The number of furan rings is 1. The molecule has 3 N–H and O–H groups in total. The van der Waals surface area contributed by atoms with E-state index in [1.807, 2.05) is 79.7 Å². The predicted molar refractivity (Wildman–Crippen MR) is 131 cm³/mol. The van der Waals surface area contributed by atoms with Crippen LogP contribution in [-0.2, 0) is 6.42 Å². The molecule has 0 aliphatic rings. The van der Waals surface area contributed by atoms with Crippen LogP contribution >= 0.6 is 0 Å². The van der Waals surface area contributed by atoms with Gasteiger partial charge in [-0.2, -0.15) is 0 Å². The molecule has 0 radical (unpaired) electrons. The zero-order valence-corrected chi connectivity index (χ0v) is 18.8. The van der Waals surface area contributed by atoms with Crippen LogP contribution in [0.3, 0.4) is 0 Å². The van der Waals surface area contributed by atoms with E-state index in [2.05, 4.69) is 25.9 Å². The van der Waals surface area contributed by atoms with Crippen molar-refractivity contribution in [2.75, 3.05) is 44.4 Å². The summed E-state index contributed by atoms with van der Waals surface area (Å²) in [4.78, 5) is 22.6. The molecule has 2 amide bonds. The predicted octanol–water partition coefficient (Wildman–Crippen LogP) is 4.23. The highest BCUT2D eigenvalue weighted by Crippen LogP contribution is 2.29. The molecule has 2 heterocycles. The number of nitrogens with zero attached hydrogens (tertiary/aromatic N) is 3. The van der Waals surface area contributed by atoms with E-state index >= 15 is 0 Å². The van der Waals surface area contributed by atoms with Gasteiger partial charge in [-0.1, -0.05) is 42.5 Å². The van der Waals surface area contributed by atoms with Gasteiger partial charge >= 0.3 is 6.03 Å². The Bertz CT molecular complexity index is 1190. The fourth-order valence-electron chi connectivity index (χ4n) is 3.39. The van der Waals surface area contributed by atoms with Gasteiger partial charge in [-0.15, -0.1) is 0 Å². The van der Waals surface area contributed by atoms with Crippen LogP contribution in [0.1, 0.15) is 5.56 Å². The molecular weight excluding hydrogens is 416 g/mol. The van der Waals surface area contributed by atoms with E-state index in [1.54, 1.807) is 0 Å². The number of hydrogen-bond donors (Lipinski definition) is 3. The molecule has 0 bridgehead atoms. The van der Waals surface area contributed by atoms with Gasteiger partial charge < -0.3 is 25.3 Å². The lowest BCUT2D eigenvalue weighted by Gasteiger charge is -2.11. The van der Waals surface area contributed by atoms with Crippen LogP contribution in [0, 0.1) is 0 Å². The minimum Gasteiger partial charge on any atom is -0.438 e. The molecule has 0 unspecified atom stereocenters. The lowest BCUT2D eigenvalue weighted by Crippen LogP contribution is -2.34. The minimum atomic E-state index is -0.200. The summed E-state index contributed by atoms with van der Waals surface area (Å²) in [5, 5.41) is 9.93. The fourth-order valence-corrected chi connectivity index (χ4v) is 3.39. The zero-order chi connectivity index (χ0) is 23.0. The van der Waals surface area contributed by atoms with Gasteiger partial charge in [0.1, 0.15) is 17.9 Å². The highest BCUT2D eigenvalue weighted by Gasteiger charge is 2.11. The molecule has 0 atom stereocenters. The summed E-state index contributed by atoms with van der Waals surface area (Å²) in [7, 11) is 3.94. The number of fused-ring (bicyclic) bond motifs is 1.